The van der Waals surface area contributed by atoms with Gasteiger partial charge in [-0.25, -0.2) is 13.4 Å². The molecule has 0 atom stereocenters. The van der Waals surface area contributed by atoms with E-state index in [0.717, 1.165) is 17.8 Å². The van der Waals surface area contributed by atoms with Crippen LogP contribution in [0, 0.1) is 6.92 Å². The number of sulfone groups is 1. The molecule has 2 heterocycles. The van der Waals surface area contributed by atoms with Crippen LogP contribution < -0.4 is 4.90 Å². The number of nitrogens with zero attached hydrogens (tertiary/aromatic N) is 4. The van der Waals surface area contributed by atoms with Gasteiger partial charge in [-0.2, -0.15) is 0 Å². The lowest BCUT2D eigenvalue weighted by Gasteiger charge is -2.35. The number of amides is 1. The highest BCUT2D eigenvalue weighted by Crippen LogP contribution is 2.17. The van der Waals surface area contributed by atoms with Gasteiger partial charge < -0.3 is 9.80 Å². The lowest BCUT2D eigenvalue weighted by Crippen LogP contribution is -2.49. The van der Waals surface area contributed by atoms with Crippen molar-refractivity contribution in [3.8, 4) is 0 Å². The summed E-state index contributed by atoms with van der Waals surface area (Å²) in [4.78, 5) is 25.3. The molecule has 1 saturated heterocycles. The van der Waals surface area contributed by atoms with Crippen molar-refractivity contribution in [1.29, 1.82) is 0 Å². The number of anilines is 1. The van der Waals surface area contributed by atoms with E-state index >= 15 is 0 Å². The third-order valence-corrected chi connectivity index (χ3v) is 5.25. The van der Waals surface area contributed by atoms with E-state index in [-0.39, 0.29) is 10.8 Å². The van der Waals surface area contributed by atoms with Gasteiger partial charge in [0.1, 0.15) is 5.82 Å². The molecular weight excluding hydrogens is 340 g/mol. The van der Waals surface area contributed by atoms with Gasteiger partial charge in [-0.3, -0.25) is 9.78 Å². The molecule has 0 unspecified atom stereocenters. The Kier molecular flexibility index (Phi) is 4.71. The average Bonchev–Trinajstić information content (AvgIpc) is 2.61. The molecule has 0 spiro atoms. The van der Waals surface area contributed by atoms with E-state index in [0.29, 0.717) is 31.7 Å². The van der Waals surface area contributed by atoms with Crippen LogP contribution in [0.25, 0.3) is 0 Å². The number of hydrogen-bond donors (Lipinski definition) is 0. The van der Waals surface area contributed by atoms with Gasteiger partial charge in [0.15, 0.2) is 9.84 Å². The second-order valence-electron chi connectivity index (χ2n) is 6.10. The fourth-order valence-electron chi connectivity index (χ4n) is 2.78. The first-order valence-electron chi connectivity index (χ1n) is 7.97. The molecule has 0 aliphatic carbocycles. The van der Waals surface area contributed by atoms with Crippen molar-refractivity contribution in [1.82, 2.24) is 14.9 Å². The van der Waals surface area contributed by atoms with E-state index in [9.17, 15) is 13.2 Å². The number of benzene rings is 1. The number of piperazine rings is 1. The molecular formula is C17H20N4O3S. The number of carbonyl (C=O) groups excluding carboxylic acids is 1. The fourth-order valence-corrected chi connectivity index (χ4v) is 3.45. The van der Waals surface area contributed by atoms with Crippen LogP contribution in [0.2, 0.25) is 0 Å². The summed E-state index contributed by atoms with van der Waals surface area (Å²) in [5.41, 5.74) is 1.25. The summed E-state index contributed by atoms with van der Waals surface area (Å²) in [5, 5.41) is 0. The Morgan fingerprint density at radius 3 is 2.48 bits per heavy atom. The highest BCUT2D eigenvalue weighted by atomic mass is 32.2. The van der Waals surface area contributed by atoms with Gasteiger partial charge in [0, 0.05) is 44.2 Å². The smallest absolute Gasteiger partial charge is 0.254 e. The van der Waals surface area contributed by atoms with E-state index in [4.69, 9.17) is 0 Å². The first kappa shape index (κ1) is 17.3. The first-order valence-corrected chi connectivity index (χ1v) is 9.87. The second kappa shape index (κ2) is 6.79. The molecule has 3 rings (SSSR count). The molecule has 25 heavy (non-hydrogen) atoms. The Morgan fingerprint density at radius 2 is 1.84 bits per heavy atom. The Labute approximate surface area is 147 Å². The lowest BCUT2D eigenvalue weighted by molar-refractivity contribution is 0.0746. The van der Waals surface area contributed by atoms with Gasteiger partial charge in [0.2, 0.25) is 0 Å². The minimum atomic E-state index is -3.33. The molecule has 132 valence electrons. The molecule has 2 aromatic rings. The molecule has 1 aromatic heterocycles. The van der Waals surface area contributed by atoms with E-state index in [2.05, 4.69) is 14.9 Å². The van der Waals surface area contributed by atoms with Crippen molar-refractivity contribution < 1.29 is 13.2 Å². The lowest BCUT2D eigenvalue weighted by atomic mass is 10.2. The molecule has 1 aromatic carbocycles. The molecule has 1 fully saturated rings. The largest absolute Gasteiger partial charge is 0.352 e. The van der Waals surface area contributed by atoms with Crippen LogP contribution in [0.15, 0.2) is 41.6 Å². The minimum Gasteiger partial charge on any atom is -0.352 e. The Balaban J connectivity index is 1.70. The second-order valence-corrected chi connectivity index (χ2v) is 8.11. The first-order chi connectivity index (χ1) is 11.8. The summed E-state index contributed by atoms with van der Waals surface area (Å²) < 4.78 is 23.3. The van der Waals surface area contributed by atoms with Crippen molar-refractivity contribution in [2.45, 2.75) is 11.8 Å². The molecule has 0 N–H and O–H groups in total. The predicted octanol–water partition coefficient (Wildman–Crippen LogP) is 1.15. The zero-order valence-corrected chi connectivity index (χ0v) is 15.0. The van der Waals surface area contributed by atoms with Crippen molar-refractivity contribution in [2.24, 2.45) is 0 Å². The third kappa shape index (κ3) is 3.96. The third-order valence-electron chi connectivity index (χ3n) is 4.14. The summed E-state index contributed by atoms with van der Waals surface area (Å²) in [6, 6.07) is 6.19. The summed E-state index contributed by atoms with van der Waals surface area (Å²) in [5.74, 6) is 0.659. The standard InChI is InChI=1S/C17H20N4O3S/c1-13-11-18-12-16(19-13)20-6-8-21(9-7-20)17(22)14-4-3-5-15(10-14)25(2,23)24/h3-5,10-12H,6-9H2,1-2H3. The fraction of sp³-hybridized carbons (Fsp3) is 0.353. The van der Waals surface area contributed by atoms with Crippen LogP contribution in [0.5, 0.6) is 0 Å². The highest BCUT2D eigenvalue weighted by Gasteiger charge is 2.23. The maximum absolute atomic E-state index is 12.7. The molecule has 0 radical (unpaired) electrons. The van der Waals surface area contributed by atoms with Gasteiger partial charge >= 0.3 is 0 Å². The zero-order chi connectivity index (χ0) is 18.0. The number of aromatic nitrogens is 2. The van der Waals surface area contributed by atoms with Gasteiger partial charge in [-0.15, -0.1) is 0 Å². The number of carbonyl (C=O) groups is 1. The Morgan fingerprint density at radius 1 is 1.12 bits per heavy atom. The van der Waals surface area contributed by atoms with Gasteiger partial charge in [0.05, 0.1) is 16.8 Å². The maximum atomic E-state index is 12.7. The SMILES string of the molecule is Cc1cncc(N2CCN(C(=O)c3cccc(S(C)(=O)=O)c3)CC2)n1. The van der Waals surface area contributed by atoms with Crippen LogP contribution in [-0.2, 0) is 9.84 Å². The molecule has 1 aliphatic heterocycles. The topological polar surface area (TPSA) is 83.5 Å². The number of rotatable bonds is 3. The van der Waals surface area contributed by atoms with Crippen LogP contribution in [0.4, 0.5) is 5.82 Å². The molecule has 0 bridgehead atoms. The monoisotopic (exact) mass is 360 g/mol. The number of hydrogen-bond acceptors (Lipinski definition) is 6. The molecule has 7 nitrogen and oxygen atoms in total. The van der Waals surface area contributed by atoms with E-state index in [1.54, 1.807) is 29.4 Å². The van der Waals surface area contributed by atoms with Crippen LogP contribution in [0.1, 0.15) is 16.1 Å². The predicted molar refractivity (Wildman–Crippen MR) is 94.4 cm³/mol. The van der Waals surface area contributed by atoms with E-state index in [1.165, 1.54) is 12.1 Å². The molecule has 0 saturated carbocycles. The summed E-state index contributed by atoms with van der Waals surface area (Å²) in [6.07, 6.45) is 4.57. The molecule has 8 heteroatoms. The van der Waals surface area contributed by atoms with E-state index < -0.39 is 9.84 Å². The summed E-state index contributed by atoms with van der Waals surface area (Å²) in [7, 11) is -3.33. The zero-order valence-electron chi connectivity index (χ0n) is 14.2. The van der Waals surface area contributed by atoms with Crippen molar-refractivity contribution in [3.63, 3.8) is 0 Å². The average molecular weight is 360 g/mol. The van der Waals surface area contributed by atoms with Gasteiger partial charge in [-0.1, -0.05) is 6.07 Å². The van der Waals surface area contributed by atoms with Crippen LogP contribution in [-0.4, -0.2) is 61.6 Å². The normalized spacial score (nSPS) is 15.3. The Hall–Kier alpha value is -2.48. The Bertz CT molecular complexity index is 890. The van der Waals surface area contributed by atoms with Crippen molar-refractivity contribution in [2.75, 3.05) is 37.3 Å². The van der Waals surface area contributed by atoms with Gasteiger partial charge in [-0.05, 0) is 25.1 Å². The summed E-state index contributed by atoms with van der Waals surface area (Å²) >= 11 is 0. The van der Waals surface area contributed by atoms with Crippen molar-refractivity contribution >= 4 is 21.6 Å². The number of aryl methyl sites for hydroxylation is 1. The van der Waals surface area contributed by atoms with Crippen molar-refractivity contribution in [3.05, 3.63) is 47.9 Å². The minimum absolute atomic E-state index is 0.152. The quantitative estimate of drug-likeness (QED) is 0.816. The molecule has 1 aliphatic rings. The van der Waals surface area contributed by atoms with Crippen LogP contribution in [0.3, 0.4) is 0 Å². The van der Waals surface area contributed by atoms with Gasteiger partial charge in [0.25, 0.3) is 5.91 Å². The van der Waals surface area contributed by atoms with E-state index in [1.807, 2.05) is 6.92 Å². The maximum Gasteiger partial charge on any atom is 0.254 e. The molecule has 1 amide bonds. The highest BCUT2D eigenvalue weighted by molar-refractivity contribution is 7.90. The summed E-state index contributed by atoms with van der Waals surface area (Å²) in [6.45, 7) is 4.32. The van der Waals surface area contributed by atoms with Crippen LogP contribution >= 0.6 is 0 Å².